The Balaban J connectivity index is 1.96. The number of ketones is 1. The third kappa shape index (κ3) is 4.96. The second kappa shape index (κ2) is 7.97. The topological polar surface area (TPSA) is 81.4 Å². The molecule has 0 heterocycles. The molecule has 2 aromatic rings. The van der Waals surface area contributed by atoms with Crippen LogP contribution in [0, 0.1) is 0 Å². The molecule has 0 aliphatic heterocycles. The summed E-state index contributed by atoms with van der Waals surface area (Å²) < 4.78 is 5.34. The molecule has 7 heteroatoms. The normalized spacial score (nSPS) is 10.2. The zero-order valence-corrected chi connectivity index (χ0v) is 13.5. The molecule has 0 spiro atoms. The van der Waals surface area contributed by atoms with Crippen LogP contribution >= 0.6 is 23.2 Å². The van der Waals surface area contributed by atoms with Crippen molar-refractivity contribution in [2.24, 2.45) is 5.73 Å². The van der Waals surface area contributed by atoms with Crippen molar-refractivity contribution in [1.82, 2.24) is 0 Å². The van der Waals surface area contributed by atoms with Crippen molar-refractivity contribution in [2.75, 3.05) is 18.5 Å². The van der Waals surface area contributed by atoms with Gasteiger partial charge in [0, 0.05) is 16.3 Å². The minimum atomic E-state index is -0.381. The van der Waals surface area contributed by atoms with Gasteiger partial charge in [0.1, 0.15) is 5.75 Å². The fourth-order valence-corrected chi connectivity index (χ4v) is 2.28. The van der Waals surface area contributed by atoms with Gasteiger partial charge in [-0.05, 0) is 30.3 Å². The number of carbonyl (C=O) groups excluding carboxylic acids is 2. The molecule has 0 aliphatic carbocycles. The van der Waals surface area contributed by atoms with E-state index in [1.807, 2.05) is 0 Å². The average Bonchev–Trinajstić information content (AvgIpc) is 2.53. The fraction of sp³-hybridized carbons (Fsp3) is 0.125. The maximum Gasteiger partial charge on any atom is 0.262 e. The Kier molecular flexibility index (Phi) is 5.98. The van der Waals surface area contributed by atoms with Crippen molar-refractivity contribution in [1.29, 1.82) is 0 Å². The Morgan fingerprint density at radius 2 is 1.91 bits per heavy atom. The summed E-state index contributed by atoms with van der Waals surface area (Å²) in [6.07, 6.45) is 0. The first kappa shape index (κ1) is 17.3. The second-order valence-electron chi connectivity index (χ2n) is 4.62. The Hall–Kier alpha value is -2.08. The summed E-state index contributed by atoms with van der Waals surface area (Å²) in [6, 6.07) is 11.2. The molecule has 0 radical (unpaired) electrons. The quantitative estimate of drug-likeness (QED) is 0.782. The minimum Gasteiger partial charge on any atom is -0.482 e. The van der Waals surface area contributed by atoms with E-state index in [9.17, 15) is 9.59 Å². The predicted octanol–water partition coefficient (Wildman–Crippen LogP) is 3.15. The number of rotatable bonds is 6. The van der Waals surface area contributed by atoms with Gasteiger partial charge in [0.25, 0.3) is 5.91 Å². The SMILES string of the molecule is NCC(=O)c1cccc(NC(=O)COc2ccc(Cl)cc2Cl)c1. The molecule has 23 heavy (non-hydrogen) atoms. The lowest BCUT2D eigenvalue weighted by molar-refractivity contribution is -0.118. The number of anilines is 1. The van der Waals surface area contributed by atoms with Crippen molar-refractivity contribution in [3.63, 3.8) is 0 Å². The van der Waals surface area contributed by atoms with E-state index >= 15 is 0 Å². The molecule has 120 valence electrons. The molecule has 2 rings (SSSR count). The third-order valence-corrected chi connectivity index (χ3v) is 3.44. The molecule has 0 saturated carbocycles. The van der Waals surface area contributed by atoms with Crippen LogP contribution in [0.15, 0.2) is 42.5 Å². The molecule has 0 saturated heterocycles. The Bertz CT molecular complexity index is 735. The maximum absolute atomic E-state index is 11.9. The van der Waals surface area contributed by atoms with Crippen LogP contribution in [0.4, 0.5) is 5.69 Å². The predicted molar refractivity (Wildman–Crippen MR) is 90.4 cm³/mol. The molecule has 1 amide bonds. The third-order valence-electron chi connectivity index (χ3n) is 2.91. The highest BCUT2D eigenvalue weighted by Crippen LogP contribution is 2.27. The van der Waals surface area contributed by atoms with Crippen molar-refractivity contribution in [2.45, 2.75) is 0 Å². The number of ether oxygens (including phenoxy) is 1. The van der Waals surface area contributed by atoms with Crippen LogP contribution in [-0.4, -0.2) is 24.8 Å². The lowest BCUT2D eigenvalue weighted by atomic mass is 10.1. The molecule has 0 bridgehead atoms. The van der Waals surface area contributed by atoms with Crippen LogP contribution in [0.2, 0.25) is 10.0 Å². The number of nitrogens with two attached hydrogens (primary N) is 1. The van der Waals surface area contributed by atoms with Crippen molar-refractivity contribution in [3.05, 3.63) is 58.1 Å². The summed E-state index contributed by atoms with van der Waals surface area (Å²) in [5.74, 6) is -0.225. The number of amides is 1. The van der Waals surface area contributed by atoms with E-state index < -0.39 is 0 Å². The summed E-state index contributed by atoms with van der Waals surface area (Å²) in [4.78, 5) is 23.4. The molecule has 2 aromatic carbocycles. The second-order valence-corrected chi connectivity index (χ2v) is 5.46. The van der Waals surface area contributed by atoms with Gasteiger partial charge in [0.2, 0.25) is 0 Å². The van der Waals surface area contributed by atoms with E-state index in [4.69, 9.17) is 33.7 Å². The van der Waals surface area contributed by atoms with Gasteiger partial charge in [0.05, 0.1) is 11.6 Å². The summed E-state index contributed by atoms with van der Waals surface area (Å²) in [6.45, 7) is -0.313. The summed E-state index contributed by atoms with van der Waals surface area (Å²) in [5, 5.41) is 3.44. The first-order valence-corrected chi connectivity index (χ1v) is 7.46. The average molecular weight is 353 g/mol. The first-order chi connectivity index (χ1) is 11.0. The number of Topliss-reactive ketones (excluding diaryl/α,β-unsaturated/α-hetero) is 1. The standard InChI is InChI=1S/C16H14Cl2N2O3/c17-11-4-5-15(13(18)7-11)23-9-16(22)20-12-3-1-2-10(6-12)14(21)8-19/h1-7H,8-9,19H2,(H,20,22). The fourth-order valence-electron chi connectivity index (χ4n) is 1.82. The number of nitrogens with one attached hydrogen (secondary N) is 1. The summed E-state index contributed by atoms with van der Waals surface area (Å²) >= 11 is 11.7. The molecule has 0 aliphatic rings. The van der Waals surface area contributed by atoms with Crippen LogP contribution in [0.25, 0.3) is 0 Å². The van der Waals surface area contributed by atoms with Crippen molar-refractivity contribution < 1.29 is 14.3 Å². The molecular weight excluding hydrogens is 339 g/mol. The monoisotopic (exact) mass is 352 g/mol. The first-order valence-electron chi connectivity index (χ1n) is 6.70. The lowest BCUT2D eigenvalue weighted by Gasteiger charge is -2.09. The van der Waals surface area contributed by atoms with Crippen LogP contribution in [0.3, 0.4) is 0 Å². The number of halogens is 2. The number of hydrogen-bond acceptors (Lipinski definition) is 4. The van der Waals surface area contributed by atoms with Crippen molar-refractivity contribution in [3.8, 4) is 5.75 Å². The van der Waals surface area contributed by atoms with E-state index in [0.717, 1.165) is 0 Å². The van der Waals surface area contributed by atoms with E-state index in [1.54, 1.807) is 36.4 Å². The maximum atomic E-state index is 11.9. The smallest absolute Gasteiger partial charge is 0.262 e. The molecule has 0 atom stereocenters. The Morgan fingerprint density at radius 1 is 1.13 bits per heavy atom. The summed E-state index contributed by atoms with van der Waals surface area (Å²) in [5.41, 5.74) is 6.24. The van der Waals surface area contributed by atoms with Crippen LogP contribution in [0.1, 0.15) is 10.4 Å². The van der Waals surface area contributed by atoms with Crippen LogP contribution in [-0.2, 0) is 4.79 Å². The summed E-state index contributed by atoms with van der Waals surface area (Å²) in [7, 11) is 0. The van der Waals surface area contributed by atoms with Gasteiger partial charge in [-0.25, -0.2) is 0 Å². The lowest BCUT2D eigenvalue weighted by Crippen LogP contribution is -2.20. The Morgan fingerprint density at radius 3 is 2.61 bits per heavy atom. The molecule has 3 N–H and O–H groups in total. The number of hydrogen-bond donors (Lipinski definition) is 2. The van der Waals surface area contributed by atoms with Gasteiger partial charge in [-0.1, -0.05) is 35.3 Å². The molecule has 0 unspecified atom stereocenters. The molecule has 5 nitrogen and oxygen atoms in total. The van der Waals surface area contributed by atoms with E-state index in [1.165, 1.54) is 6.07 Å². The molecule has 0 fully saturated rings. The molecule has 0 aromatic heterocycles. The highest BCUT2D eigenvalue weighted by molar-refractivity contribution is 6.35. The van der Waals surface area contributed by atoms with Crippen LogP contribution < -0.4 is 15.8 Å². The zero-order chi connectivity index (χ0) is 16.8. The minimum absolute atomic E-state index is 0.0877. The Labute approximate surface area is 143 Å². The van der Waals surface area contributed by atoms with Gasteiger partial charge in [-0.3, -0.25) is 9.59 Å². The van der Waals surface area contributed by atoms with Crippen LogP contribution in [0.5, 0.6) is 5.75 Å². The van der Waals surface area contributed by atoms with Gasteiger partial charge in [0.15, 0.2) is 12.4 Å². The largest absolute Gasteiger partial charge is 0.482 e. The van der Waals surface area contributed by atoms with Crippen molar-refractivity contribution >= 4 is 40.6 Å². The molecular formula is C16H14Cl2N2O3. The van der Waals surface area contributed by atoms with E-state index in [-0.39, 0.29) is 24.8 Å². The number of benzene rings is 2. The van der Waals surface area contributed by atoms with Gasteiger partial charge >= 0.3 is 0 Å². The van der Waals surface area contributed by atoms with Gasteiger partial charge in [-0.2, -0.15) is 0 Å². The van der Waals surface area contributed by atoms with E-state index in [0.29, 0.717) is 27.0 Å². The van der Waals surface area contributed by atoms with Gasteiger partial charge < -0.3 is 15.8 Å². The highest BCUT2D eigenvalue weighted by Gasteiger charge is 2.09. The van der Waals surface area contributed by atoms with E-state index in [2.05, 4.69) is 5.32 Å². The number of carbonyl (C=O) groups is 2. The zero-order valence-electron chi connectivity index (χ0n) is 12.0. The van der Waals surface area contributed by atoms with Gasteiger partial charge in [-0.15, -0.1) is 0 Å². The highest BCUT2D eigenvalue weighted by atomic mass is 35.5.